The van der Waals surface area contributed by atoms with Gasteiger partial charge in [0.25, 0.3) is 0 Å². The van der Waals surface area contributed by atoms with Gasteiger partial charge in [-0.1, -0.05) is 15.9 Å². The number of rotatable bonds is 1. The van der Waals surface area contributed by atoms with E-state index in [9.17, 15) is 9.18 Å². The maximum absolute atomic E-state index is 13.5. The first kappa shape index (κ1) is 10.4. The van der Waals surface area contributed by atoms with E-state index in [0.717, 1.165) is 4.47 Å². The van der Waals surface area contributed by atoms with Crippen LogP contribution in [0.15, 0.2) is 22.7 Å². The van der Waals surface area contributed by atoms with Gasteiger partial charge in [0.15, 0.2) is 0 Å². The molecular formula is C10H10BrFN2O. The highest BCUT2D eigenvalue weighted by molar-refractivity contribution is 9.10. The smallest absolute Gasteiger partial charge is 0.317 e. The molecule has 1 fully saturated rings. The highest BCUT2D eigenvalue weighted by Gasteiger charge is 2.28. The van der Waals surface area contributed by atoms with Crippen molar-refractivity contribution in [2.45, 2.75) is 6.04 Å². The molecule has 0 bridgehead atoms. The lowest BCUT2D eigenvalue weighted by atomic mass is 10.1. The highest BCUT2D eigenvalue weighted by Crippen LogP contribution is 2.25. The lowest BCUT2D eigenvalue weighted by Gasteiger charge is -2.11. The summed E-state index contributed by atoms with van der Waals surface area (Å²) in [5.74, 6) is -0.293. The van der Waals surface area contributed by atoms with E-state index in [1.807, 2.05) is 0 Å². The van der Waals surface area contributed by atoms with E-state index in [1.165, 1.54) is 11.0 Å². The maximum Gasteiger partial charge on any atom is 0.317 e. The molecule has 0 spiro atoms. The van der Waals surface area contributed by atoms with Crippen LogP contribution in [-0.4, -0.2) is 24.5 Å². The molecule has 1 saturated heterocycles. The Morgan fingerprint density at radius 1 is 1.60 bits per heavy atom. The average Bonchev–Trinajstić information content (AvgIpc) is 2.51. The van der Waals surface area contributed by atoms with Gasteiger partial charge in [0.05, 0.1) is 6.04 Å². The van der Waals surface area contributed by atoms with Gasteiger partial charge in [-0.25, -0.2) is 9.18 Å². The number of carbonyl (C=O) groups is 1. The van der Waals surface area contributed by atoms with Crippen molar-refractivity contribution >= 4 is 22.0 Å². The summed E-state index contributed by atoms with van der Waals surface area (Å²) < 4.78 is 14.3. The number of benzene rings is 1. The minimum atomic E-state index is -0.293. The van der Waals surface area contributed by atoms with Crippen molar-refractivity contribution in [3.05, 3.63) is 34.1 Å². The number of nitrogens with one attached hydrogen (secondary N) is 1. The standard InChI is InChI=1S/C10H10BrFN2O/c1-14-5-9(13-10(14)15)7-4-6(11)2-3-8(7)12/h2-4,9H,5H2,1H3,(H,13,15). The van der Waals surface area contributed by atoms with Crippen molar-refractivity contribution in [1.29, 1.82) is 0 Å². The number of hydrogen-bond donors (Lipinski definition) is 1. The van der Waals surface area contributed by atoms with E-state index in [1.54, 1.807) is 19.2 Å². The van der Waals surface area contributed by atoms with Crippen LogP contribution in [0.25, 0.3) is 0 Å². The van der Waals surface area contributed by atoms with E-state index < -0.39 is 0 Å². The number of likely N-dealkylation sites (N-methyl/N-ethyl adjacent to an activating group) is 1. The number of halogens is 2. The molecule has 1 aliphatic rings. The average molecular weight is 273 g/mol. The van der Waals surface area contributed by atoms with Gasteiger partial charge in [-0.2, -0.15) is 0 Å². The Morgan fingerprint density at radius 2 is 2.33 bits per heavy atom. The van der Waals surface area contributed by atoms with E-state index in [0.29, 0.717) is 12.1 Å². The minimum absolute atomic E-state index is 0.167. The van der Waals surface area contributed by atoms with E-state index in [-0.39, 0.29) is 17.9 Å². The third kappa shape index (κ3) is 1.97. The van der Waals surface area contributed by atoms with Crippen LogP contribution >= 0.6 is 15.9 Å². The molecule has 1 unspecified atom stereocenters. The van der Waals surface area contributed by atoms with Crippen molar-refractivity contribution in [3.8, 4) is 0 Å². The minimum Gasteiger partial charge on any atom is -0.329 e. The summed E-state index contributed by atoms with van der Waals surface area (Å²) in [6.45, 7) is 0.492. The Kier molecular flexibility index (Phi) is 2.65. The Labute approximate surface area is 95.4 Å². The predicted octanol–water partition coefficient (Wildman–Crippen LogP) is 2.28. The van der Waals surface area contributed by atoms with E-state index in [4.69, 9.17) is 0 Å². The molecule has 1 aliphatic heterocycles. The number of urea groups is 1. The molecule has 0 aliphatic carbocycles. The second-order valence-corrected chi connectivity index (χ2v) is 4.46. The van der Waals surface area contributed by atoms with Gasteiger partial charge >= 0.3 is 6.03 Å². The van der Waals surface area contributed by atoms with Crippen molar-refractivity contribution in [2.24, 2.45) is 0 Å². The molecule has 1 aromatic rings. The van der Waals surface area contributed by atoms with Crippen LogP contribution in [0.3, 0.4) is 0 Å². The third-order valence-electron chi connectivity index (χ3n) is 2.43. The summed E-state index contributed by atoms with van der Waals surface area (Å²) in [4.78, 5) is 12.8. The number of hydrogen-bond acceptors (Lipinski definition) is 1. The van der Waals surface area contributed by atoms with Crippen LogP contribution in [-0.2, 0) is 0 Å². The molecule has 5 heteroatoms. The van der Waals surface area contributed by atoms with Crippen molar-refractivity contribution in [3.63, 3.8) is 0 Å². The van der Waals surface area contributed by atoms with Crippen molar-refractivity contribution in [1.82, 2.24) is 10.2 Å². The zero-order valence-corrected chi connectivity index (χ0v) is 9.71. The van der Waals surface area contributed by atoms with E-state index in [2.05, 4.69) is 21.2 Å². The normalized spacial score (nSPS) is 20.6. The van der Waals surface area contributed by atoms with Gasteiger partial charge < -0.3 is 10.2 Å². The summed E-state index contributed by atoms with van der Waals surface area (Å²) >= 11 is 3.28. The molecule has 2 amide bonds. The summed E-state index contributed by atoms with van der Waals surface area (Å²) in [5, 5.41) is 2.71. The van der Waals surface area contributed by atoms with Gasteiger partial charge in [-0.3, -0.25) is 0 Å². The molecule has 15 heavy (non-hydrogen) atoms. The van der Waals surface area contributed by atoms with Crippen LogP contribution in [0.5, 0.6) is 0 Å². The zero-order chi connectivity index (χ0) is 11.0. The molecule has 3 nitrogen and oxygen atoms in total. The first-order chi connectivity index (χ1) is 7.08. The van der Waals surface area contributed by atoms with Crippen LogP contribution in [0.2, 0.25) is 0 Å². The Hall–Kier alpha value is -1.10. The fourth-order valence-corrected chi connectivity index (χ4v) is 2.00. The van der Waals surface area contributed by atoms with Crippen LogP contribution in [0.1, 0.15) is 11.6 Å². The molecule has 1 atom stereocenters. The predicted molar refractivity (Wildman–Crippen MR) is 58.0 cm³/mol. The molecule has 0 radical (unpaired) electrons. The zero-order valence-electron chi connectivity index (χ0n) is 8.13. The highest BCUT2D eigenvalue weighted by atomic mass is 79.9. The monoisotopic (exact) mass is 272 g/mol. The van der Waals surface area contributed by atoms with Crippen molar-refractivity contribution in [2.75, 3.05) is 13.6 Å². The molecular weight excluding hydrogens is 263 g/mol. The Morgan fingerprint density at radius 3 is 2.93 bits per heavy atom. The maximum atomic E-state index is 13.5. The van der Waals surface area contributed by atoms with Crippen molar-refractivity contribution < 1.29 is 9.18 Å². The van der Waals surface area contributed by atoms with Gasteiger partial charge in [-0.05, 0) is 18.2 Å². The molecule has 1 aromatic carbocycles. The summed E-state index contributed by atoms with van der Waals surface area (Å²) in [6.07, 6.45) is 0. The fraction of sp³-hybridized carbons (Fsp3) is 0.300. The largest absolute Gasteiger partial charge is 0.329 e. The topological polar surface area (TPSA) is 32.3 Å². The lowest BCUT2D eigenvalue weighted by Crippen LogP contribution is -2.24. The lowest BCUT2D eigenvalue weighted by molar-refractivity contribution is 0.226. The molecule has 1 heterocycles. The molecule has 80 valence electrons. The fourth-order valence-electron chi connectivity index (χ4n) is 1.62. The quantitative estimate of drug-likeness (QED) is 0.836. The van der Waals surface area contributed by atoms with Gasteiger partial charge in [0.2, 0.25) is 0 Å². The number of nitrogens with zero attached hydrogens (tertiary/aromatic N) is 1. The summed E-state index contributed by atoms with van der Waals surface area (Å²) in [6, 6.07) is 4.29. The SMILES string of the molecule is CN1CC(c2cc(Br)ccc2F)NC1=O. The van der Waals surface area contributed by atoms with Gasteiger partial charge in [0.1, 0.15) is 5.82 Å². The first-order valence-corrected chi connectivity index (χ1v) is 5.34. The van der Waals surface area contributed by atoms with Gasteiger partial charge in [-0.15, -0.1) is 0 Å². The summed E-state index contributed by atoms with van der Waals surface area (Å²) in [5.41, 5.74) is 0.516. The van der Waals surface area contributed by atoms with E-state index >= 15 is 0 Å². The van der Waals surface area contributed by atoms with Gasteiger partial charge in [0, 0.05) is 23.6 Å². The molecule has 1 N–H and O–H groups in total. The second kappa shape index (κ2) is 3.81. The third-order valence-corrected chi connectivity index (χ3v) is 2.93. The van der Waals surface area contributed by atoms with Crippen LogP contribution in [0, 0.1) is 5.82 Å². The number of carbonyl (C=O) groups excluding carboxylic acids is 1. The molecule has 0 saturated carbocycles. The molecule has 2 rings (SSSR count). The Balaban J connectivity index is 2.30. The number of amides is 2. The summed E-state index contributed by atoms with van der Waals surface area (Å²) in [7, 11) is 1.69. The van der Waals surface area contributed by atoms with Crippen LogP contribution < -0.4 is 5.32 Å². The second-order valence-electron chi connectivity index (χ2n) is 3.55. The Bertz CT molecular complexity index is 410. The first-order valence-electron chi connectivity index (χ1n) is 4.54. The molecule has 0 aromatic heterocycles. The van der Waals surface area contributed by atoms with Crippen LogP contribution in [0.4, 0.5) is 9.18 Å².